The van der Waals surface area contributed by atoms with E-state index < -0.39 is 0 Å². The van der Waals surface area contributed by atoms with Gasteiger partial charge in [0.2, 0.25) is 0 Å². The van der Waals surface area contributed by atoms with E-state index in [1.807, 2.05) is 0 Å². The fourth-order valence-corrected chi connectivity index (χ4v) is 3.15. The Bertz CT molecular complexity index is 341. The van der Waals surface area contributed by atoms with Crippen molar-refractivity contribution in [2.24, 2.45) is 5.92 Å². The number of aromatic nitrogens is 1. The molecule has 2 heterocycles. The van der Waals surface area contributed by atoms with Gasteiger partial charge in [0.05, 0.1) is 5.69 Å². The summed E-state index contributed by atoms with van der Waals surface area (Å²) in [5, 5.41) is 6.88. The van der Waals surface area contributed by atoms with Crippen LogP contribution < -0.4 is 10.2 Å². The van der Waals surface area contributed by atoms with Crippen LogP contribution in [-0.2, 0) is 6.54 Å². The second-order valence-corrected chi connectivity index (χ2v) is 6.38. The molecule has 102 valence electrons. The maximum absolute atomic E-state index is 4.75. The molecular formula is C14H25N3S. The first-order valence-corrected chi connectivity index (χ1v) is 8.04. The quantitative estimate of drug-likeness (QED) is 0.887. The largest absolute Gasteiger partial charge is 0.348 e. The molecule has 0 aliphatic carbocycles. The van der Waals surface area contributed by atoms with Crippen molar-refractivity contribution in [2.75, 3.05) is 24.5 Å². The Balaban J connectivity index is 1.84. The number of nitrogens with zero attached hydrogens (tertiary/aromatic N) is 2. The fourth-order valence-electron chi connectivity index (χ4n) is 2.27. The van der Waals surface area contributed by atoms with E-state index in [2.05, 4.69) is 29.4 Å². The van der Waals surface area contributed by atoms with Gasteiger partial charge in [-0.05, 0) is 25.3 Å². The monoisotopic (exact) mass is 267 g/mol. The number of nitrogens with one attached hydrogen (secondary N) is 1. The van der Waals surface area contributed by atoms with Crippen LogP contribution in [0.5, 0.6) is 0 Å². The van der Waals surface area contributed by atoms with Crippen LogP contribution in [-0.4, -0.2) is 24.6 Å². The zero-order valence-corrected chi connectivity index (χ0v) is 12.4. The minimum Gasteiger partial charge on any atom is -0.348 e. The smallest absolute Gasteiger partial charge is 0.185 e. The Kier molecular flexibility index (Phi) is 5.45. The molecule has 0 spiro atoms. The molecule has 0 radical (unpaired) electrons. The molecule has 2 rings (SSSR count). The Morgan fingerprint density at radius 2 is 2.00 bits per heavy atom. The SMILES string of the molecule is CC(C)CNCc1csc(N2CCCCCC2)n1. The lowest BCUT2D eigenvalue weighted by Gasteiger charge is -2.18. The normalized spacial score (nSPS) is 17.2. The number of hydrogen-bond acceptors (Lipinski definition) is 4. The van der Waals surface area contributed by atoms with Crippen LogP contribution >= 0.6 is 11.3 Å². The fraction of sp³-hybridized carbons (Fsp3) is 0.786. The minimum atomic E-state index is 0.703. The first kappa shape index (κ1) is 13.8. The number of anilines is 1. The van der Waals surface area contributed by atoms with E-state index in [0.717, 1.165) is 13.1 Å². The van der Waals surface area contributed by atoms with E-state index in [9.17, 15) is 0 Å². The molecule has 1 aromatic rings. The zero-order valence-electron chi connectivity index (χ0n) is 11.6. The molecule has 1 aliphatic rings. The average molecular weight is 267 g/mol. The van der Waals surface area contributed by atoms with Crippen LogP contribution in [0.4, 0.5) is 5.13 Å². The van der Waals surface area contributed by atoms with Gasteiger partial charge in [0.25, 0.3) is 0 Å². The molecule has 1 aromatic heterocycles. The lowest BCUT2D eigenvalue weighted by atomic mass is 10.2. The Morgan fingerprint density at radius 1 is 1.28 bits per heavy atom. The first-order chi connectivity index (χ1) is 8.75. The third-order valence-electron chi connectivity index (χ3n) is 3.27. The van der Waals surface area contributed by atoms with Crippen molar-refractivity contribution in [3.8, 4) is 0 Å². The third-order valence-corrected chi connectivity index (χ3v) is 4.23. The van der Waals surface area contributed by atoms with Crippen LogP contribution in [0.1, 0.15) is 45.2 Å². The summed E-state index contributed by atoms with van der Waals surface area (Å²) in [6.45, 7) is 8.81. The maximum Gasteiger partial charge on any atom is 0.185 e. The molecule has 0 amide bonds. The van der Waals surface area contributed by atoms with Crippen molar-refractivity contribution in [1.29, 1.82) is 0 Å². The van der Waals surface area contributed by atoms with Crippen molar-refractivity contribution in [2.45, 2.75) is 46.1 Å². The van der Waals surface area contributed by atoms with Gasteiger partial charge < -0.3 is 10.2 Å². The molecule has 0 saturated carbocycles. The van der Waals surface area contributed by atoms with E-state index >= 15 is 0 Å². The highest BCUT2D eigenvalue weighted by Gasteiger charge is 2.13. The summed E-state index contributed by atoms with van der Waals surface area (Å²) in [5.41, 5.74) is 1.19. The summed E-state index contributed by atoms with van der Waals surface area (Å²) in [5.74, 6) is 0.703. The molecule has 1 saturated heterocycles. The lowest BCUT2D eigenvalue weighted by molar-refractivity contribution is 0.549. The average Bonchev–Trinajstić information content (AvgIpc) is 2.63. The van der Waals surface area contributed by atoms with E-state index in [1.54, 1.807) is 11.3 Å². The van der Waals surface area contributed by atoms with E-state index in [4.69, 9.17) is 4.98 Å². The topological polar surface area (TPSA) is 28.2 Å². The van der Waals surface area contributed by atoms with Crippen molar-refractivity contribution >= 4 is 16.5 Å². The highest BCUT2D eigenvalue weighted by molar-refractivity contribution is 7.13. The van der Waals surface area contributed by atoms with Crippen molar-refractivity contribution in [3.05, 3.63) is 11.1 Å². The molecule has 1 fully saturated rings. The van der Waals surface area contributed by atoms with Crippen LogP contribution in [0.25, 0.3) is 0 Å². The predicted octanol–water partition coefficient (Wildman–Crippen LogP) is 3.27. The van der Waals surface area contributed by atoms with Gasteiger partial charge >= 0.3 is 0 Å². The van der Waals surface area contributed by atoms with Gasteiger partial charge in [0, 0.05) is 25.0 Å². The molecule has 18 heavy (non-hydrogen) atoms. The van der Waals surface area contributed by atoms with Gasteiger partial charge in [-0.1, -0.05) is 26.7 Å². The molecule has 3 nitrogen and oxygen atoms in total. The molecule has 0 bridgehead atoms. The minimum absolute atomic E-state index is 0.703. The molecule has 0 aromatic carbocycles. The van der Waals surface area contributed by atoms with Crippen LogP contribution in [0, 0.1) is 5.92 Å². The second-order valence-electron chi connectivity index (χ2n) is 5.55. The Labute approximate surface area is 115 Å². The molecular weight excluding hydrogens is 242 g/mol. The van der Waals surface area contributed by atoms with Gasteiger partial charge in [0.15, 0.2) is 5.13 Å². The Hall–Kier alpha value is -0.610. The van der Waals surface area contributed by atoms with Crippen LogP contribution in [0.15, 0.2) is 5.38 Å². The Morgan fingerprint density at radius 3 is 2.67 bits per heavy atom. The van der Waals surface area contributed by atoms with Gasteiger partial charge in [-0.2, -0.15) is 0 Å². The van der Waals surface area contributed by atoms with E-state index in [1.165, 1.54) is 49.6 Å². The van der Waals surface area contributed by atoms with Gasteiger partial charge in [-0.15, -0.1) is 11.3 Å². The highest BCUT2D eigenvalue weighted by atomic mass is 32.1. The standard InChI is InChI=1S/C14H25N3S/c1-12(2)9-15-10-13-11-18-14(16-13)17-7-5-3-4-6-8-17/h11-12,15H,3-10H2,1-2H3. The summed E-state index contributed by atoms with van der Waals surface area (Å²) in [7, 11) is 0. The summed E-state index contributed by atoms with van der Waals surface area (Å²) in [4.78, 5) is 7.22. The van der Waals surface area contributed by atoms with E-state index in [0.29, 0.717) is 5.92 Å². The predicted molar refractivity (Wildman–Crippen MR) is 79.3 cm³/mol. The molecule has 1 N–H and O–H groups in total. The van der Waals surface area contributed by atoms with Gasteiger partial charge in [-0.3, -0.25) is 0 Å². The molecule has 1 aliphatic heterocycles. The second kappa shape index (κ2) is 7.10. The van der Waals surface area contributed by atoms with Gasteiger partial charge in [0.1, 0.15) is 0 Å². The van der Waals surface area contributed by atoms with E-state index in [-0.39, 0.29) is 0 Å². The molecule has 0 unspecified atom stereocenters. The zero-order chi connectivity index (χ0) is 12.8. The molecule has 0 atom stereocenters. The highest BCUT2D eigenvalue weighted by Crippen LogP contribution is 2.23. The van der Waals surface area contributed by atoms with Crippen LogP contribution in [0.2, 0.25) is 0 Å². The number of rotatable bonds is 5. The van der Waals surface area contributed by atoms with Gasteiger partial charge in [-0.25, -0.2) is 4.98 Å². The number of hydrogen-bond donors (Lipinski definition) is 1. The summed E-state index contributed by atoms with van der Waals surface area (Å²) in [6, 6.07) is 0. The van der Waals surface area contributed by atoms with Crippen molar-refractivity contribution in [1.82, 2.24) is 10.3 Å². The maximum atomic E-state index is 4.75. The lowest BCUT2D eigenvalue weighted by Crippen LogP contribution is -2.24. The third kappa shape index (κ3) is 4.25. The van der Waals surface area contributed by atoms with Crippen molar-refractivity contribution < 1.29 is 0 Å². The first-order valence-electron chi connectivity index (χ1n) is 7.16. The van der Waals surface area contributed by atoms with Crippen LogP contribution in [0.3, 0.4) is 0 Å². The molecule has 4 heteroatoms. The number of thiazole rings is 1. The summed E-state index contributed by atoms with van der Waals surface area (Å²) in [6.07, 6.45) is 5.40. The van der Waals surface area contributed by atoms with Crippen molar-refractivity contribution in [3.63, 3.8) is 0 Å². The summed E-state index contributed by atoms with van der Waals surface area (Å²) >= 11 is 1.80. The summed E-state index contributed by atoms with van der Waals surface area (Å²) < 4.78 is 0.